The highest BCUT2D eigenvalue weighted by Crippen LogP contribution is 2.52. The number of nitrogens with one attached hydrogen (secondary N) is 1. The summed E-state index contributed by atoms with van der Waals surface area (Å²) in [6, 6.07) is 1.94. The fraction of sp³-hybridized carbons (Fsp3) is 0.615. The Bertz CT molecular complexity index is 1020. The summed E-state index contributed by atoms with van der Waals surface area (Å²) in [6.07, 6.45) is 9.34. The smallest absolute Gasteiger partial charge is 0.200 e. The number of ether oxygens (including phenoxy) is 3. The molecule has 1 aromatic carbocycles. The van der Waals surface area contributed by atoms with Crippen molar-refractivity contribution in [3.8, 4) is 23.3 Å². The van der Waals surface area contributed by atoms with Crippen molar-refractivity contribution < 1.29 is 14.2 Å². The summed E-state index contributed by atoms with van der Waals surface area (Å²) in [7, 11) is 6.38. The maximum absolute atomic E-state index is 6.38. The lowest BCUT2D eigenvalue weighted by Crippen LogP contribution is -2.36. The van der Waals surface area contributed by atoms with Gasteiger partial charge in [-0.2, -0.15) is 0 Å². The van der Waals surface area contributed by atoms with Crippen LogP contribution in [0.5, 0.6) is 11.5 Å². The molecule has 4 nitrogen and oxygen atoms in total. The highest BCUT2D eigenvalue weighted by atomic mass is 79.9. The molecule has 1 N–H and O–H groups in total. The fourth-order valence-electron chi connectivity index (χ4n) is 5.63. The van der Waals surface area contributed by atoms with Gasteiger partial charge in [-0.3, -0.25) is 0 Å². The van der Waals surface area contributed by atoms with E-state index in [1.165, 1.54) is 12.8 Å². The number of halogens is 1. The van der Waals surface area contributed by atoms with Crippen LogP contribution >= 0.6 is 15.9 Å². The Morgan fingerprint density at radius 1 is 1.19 bits per heavy atom. The highest BCUT2D eigenvalue weighted by Gasteiger charge is 2.49. The quantitative estimate of drug-likeness (QED) is 0.426. The molecule has 3 aliphatic rings. The minimum Gasteiger partial charge on any atom is -0.493 e. The Morgan fingerprint density at radius 3 is 2.66 bits per heavy atom. The van der Waals surface area contributed by atoms with E-state index in [0.29, 0.717) is 29.7 Å². The van der Waals surface area contributed by atoms with Gasteiger partial charge in [0, 0.05) is 25.5 Å². The highest BCUT2D eigenvalue weighted by molar-refractivity contribution is 9.10. The first kappa shape index (κ1) is 22.2. The average Bonchev–Trinajstić information content (AvgIpc) is 3.22. The van der Waals surface area contributed by atoms with E-state index in [2.05, 4.69) is 46.6 Å². The predicted octanol–water partition coefficient (Wildman–Crippen LogP) is 5.47. The molecule has 5 unspecified atom stereocenters. The monoisotopic (exact) mass is 495 g/mol. The van der Waals surface area contributed by atoms with Crippen LogP contribution in [0.2, 0.25) is 0 Å². The van der Waals surface area contributed by atoms with Crippen molar-refractivity contribution in [1.29, 1.82) is 0 Å². The normalized spacial score (nSPS) is 31.7. The van der Waals surface area contributed by atoms with Gasteiger partial charge in [0.2, 0.25) is 0 Å². The Balaban J connectivity index is 1.31. The maximum Gasteiger partial charge on any atom is 0.200 e. The topological polar surface area (TPSA) is 43.5 Å². The van der Waals surface area contributed by atoms with Crippen molar-refractivity contribution in [1.82, 2.24) is 4.98 Å². The van der Waals surface area contributed by atoms with Gasteiger partial charge in [-0.1, -0.05) is 19.3 Å². The van der Waals surface area contributed by atoms with Crippen molar-refractivity contribution >= 4 is 40.1 Å². The van der Waals surface area contributed by atoms with Gasteiger partial charge in [-0.05, 0) is 71.4 Å². The molecule has 2 aliphatic carbocycles. The fourth-order valence-corrected chi connectivity index (χ4v) is 6.38. The minimum absolute atomic E-state index is 0.228. The first-order valence-electron chi connectivity index (χ1n) is 12.1. The molecule has 6 heteroatoms. The molecule has 0 amide bonds. The Morgan fingerprint density at radius 2 is 1.94 bits per heavy atom. The van der Waals surface area contributed by atoms with Crippen molar-refractivity contribution in [2.75, 3.05) is 6.61 Å². The lowest BCUT2D eigenvalue weighted by atomic mass is 9.93. The molecule has 168 valence electrons. The predicted molar refractivity (Wildman–Crippen MR) is 132 cm³/mol. The first-order chi connectivity index (χ1) is 15.6. The summed E-state index contributed by atoms with van der Waals surface area (Å²) < 4.78 is 19.7. The van der Waals surface area contributed by atoms with Crippen LogP contribution in [0.15, 0.2) is 16.7 Å². The van der Waals surface area contributed by atoms with Gasteiger partial charge < -0.3 is 19.2 Å². The molecule has 1 saturated carbocycles. The van der Waals surface area contributed by atoms with Gasteiger partial charge in [0.15, 0.2) is 6.29 Å². The second kappa shape index (κ2) is 9.35. The van der Waals surface area contributed by atoms with Crippen LogP contribution in [-0.2, 0) is 4.74 Å². The third-order valence-corrected chi connectivity index (χ3v) is 8.35. The Hall–Kier alpha value is -1.58. The molecule has 32 heavy (non-hydrogen) atoms. The molecule has 5 rings (SSSR count). The summed E-state index contributed by atoms with van der Waals surface area (Å²) >= 11 is 3.77. The van der Waals surface area contributed by atoms with E-state index in [9.17, 15) is 0 Å². The molecule has 1 aromatic heterocycles. The number of hydrogen-bond donors (Lipinski definition) is 1. The van der Waals surface area contributed by atoms with Crippen molar-refractivity contribution in [2.24, 2.45) is 23.7 Å². The van der Waals surface area contributed by atoms with Crippen LogP contribution in [-0.4, -0.2) is 31.8 Å². The molecule has 5 atom stereocenters. The van der Waals surface area contributed by atoms with Crippen LogP contribution in [0.4, 0.5) is 0 Å². The number of rotatable bonds is 6. The van der Waals surface area contributed by atoms with Crippen molar-refractivity contribution in [3.05, 3.63) is 16.7 Å². The molecule has 1 aliphatic heterocycles. The molecule has 2 fully saturated rings. The number of H-pyrrole nitrogens is 1. The van der Waals surface area contributed by atoms with Crippen LogP contribution in [0.3, 0.4) is 0 Å². The van der Waals surface area contributed by atoms with Crippen LogP contribution in [0.25, 0.3) is 10.9 Å². The molecular formula is C26H31BBrNO3. The van der Waals surface area contributed by atoms with Gasteiger partial charge in [0.05, 0.1) is 28.1 Å². The molecule has 2 aromatic rings. The second-order valence-corrected chi connectivity index (χ2v) is 10.4. The van der Waals surface area contributed by atoms with E-state index in [4.69, 9.17) is 22.1 Å². The lowest BCUT2D eigenvalue weighted by Gasteiger charge is -2.34. The Kier molecular flexibility index (Phi) is 6.50. The third kappa shape index (κ3) is 4.31. The van der Waals surface area contributed by atoms with E-state index in [0.717, 1.165) is 65.1 Å². The summed E-state index contributed by atoms with van der Waals surface area (Å²) in [4.78, 5) is 3.29. The maximum atomic E-state index is 6.38. The van der Waals surface area contributed by atoms with Crippen LogP contribution < -0.4 is 14.9 Å². The van der Waals surface area contributed by atoms with E-state index in [-0.39, 0.29) is 12.4 Å². The summed E-state index contributed by atoms with van der Waals surface area (Å²) in [5.74, 6) is 10.7. The zero-order valence-electron chi connectivity index (χ0n) is 19.0. The first-order valence-corrected chi connectivity index (χ1v) is 12.9. The van der Waals surface area contributed by atoms with Gasteiger partial charge >= 0.3 is 0 Å². The van der Waals surface area contributed by atoms with E-state index >= 15 is 0 Å². The molecule has 1 saturated heterocycles. The number of hydrogen-bond acceptors (Lipinski definition) is 3. The summed E-state index contributed by atoms with van der Waals surface area (Å²) in [6.45, 7) is 5.13. The number of fused-ring (bicyclic) bond motifs is 2. The van der Waals surface area contributed by atoms with Gasteiger partial charge in [-0.15, -0.1) is 11.8 Å². The average molecular weight is 496 g/mol. The van der Waals surface area contributed by atoms with Crippen LogP contribution in [0, 0.1) is 35.5 Å². The standard InChI is InChI=1S/C26H31BBrNO3/c1-3-21-15(2)10-11-23(31-21)32-22-13-29-20-12-19(27)26(25(28)24(20)22)30-14-18-16-8-6-4-5-7-9-17(16)18/h12-13,15-18,21,23,29H,3,6-11,14H2,1-2H3. The SMILES string of the molecule is [B]c1cc2[nH]cc(OC3CCC(C)C(CC)O3)c2c(Br)c1OCC1C2CCC#CCCC21. The Labute approximate surface area is 200 Å². The van der Waals surface area contributed by atoms with E-state index in [1.807, 2.05) is 12.3 Å². The van der Waals surface area contributed by atoms with Crippen molar-refractivity contribution in [3.63, 3.8) is 0 Å². The molecular weight excluding hydrogens is 465 g/mol. The number of benzene rings is 1. The summed E-state index contributed by atoms with van der Waals surface area (Å²) in [5, 5.41) is 0.958. The largest absolute Gasteiger partial charge is 0.493 e. The zero-order valence-corrected chi connectivity index (χ0v) is 20.5. The third-order valence-electron chi connectivity index (χ3n) is 7.59. The molecule has 0 spiro atoms. The lowest BCUT2D eigenvalue weighted by molar-refractivity contribution is -0.165. The number of aromatic amines is 1. The van der Waals surface area contributed by atoms with Gasteiger partial charge in [0.1, 0.15) is 19.3 Å². The summed E-state index contributed by atoms with van der Waals surface area (Å²) in [5.41, 5.74) is 1.56. The minimum atomic E-state index is -0.228. The molecule has 0 bridgehead atoms. The second-order valence-electron chi connectivity index (χ2n) is 9.60. The van der Waals surface area contributed by atoms with Gasteiger partial charge in [0.25, 0.3) is 0 Å². The number of aromatic nitrogens is 1. The van der Waals surface area contributed by atoms with E-state index < -0.39 is 0 Å². The zero-order chi connectivity index (χ0) is 22.2. The van der Waals surface area contributed by atoms with Crippen molar-refractivity contribution in [2.45, 2.75) is 71.2 Å². The molecule has 2 heterocycles. The van der Waals surface area contributed by atoms with E-state index in [1.54, 1.807) is 0 Å². The van der Waals surface area contributed by atoms with Gasteiger partial charge in [-0.25, -0.2) is 0 Å². The molecule has 2 radical (unpaired) electrons. The van der Waals surface area contributed by atoms with Crippen LogP contribution in [0.1, 0.15) is 58.8 Å².